The quantitative estimate of drug-likeness (QED) is 0.495. The van der Waals surface area contributed by atoms with E-state index in [9.17, 15) is 4.79 Å². The topological polar surface area (TPSA) is 29.5 Å². The zero-order chi connectivity index (χ0) is 7.68. The minimum absolute atomic E-state index is 0.394. The van der Waals surface area contributed by atoms with Gasteiger partial charge in [0.05, 0.1) is 13.2 Å². The van der Waals surface area contributed by atoms with Gasteiger partial charge >= 0.3 is 0 Å². The molecular weight excluding hydrogens is 142 g/mol. The number of hydrogen-bond acceptors (Lipinski definition) is 3. The lowest BCUT2D eigenvalue weighted by Gasteiger charge is -2.38. The number of nitrogens with zero attached hydrogens (tertiary/aromatic N) is 1. The molecule has 0 saturated carbocycles. The van der Waals surface area contributed by atoms with E-state index in [-0.39, 0.29) is 0 Å². The zero-order valence-electron chi connectivity index (χ0n) is 6.58. The maximum atomic E-state index is 11.0. The molecule has 2 rings (SSSR count). The highest BCUT2D eigenvalue weighted by molar-refractivity contribution is 5.80. The maximum absolute atomic E-state index is 11.0. The van der Waals surface area contributed by atoms with Gasteiger partial charge in [-0.1, -0.05) is 0 Å². The number of carbonyl (C=O) groups is 1. The Balaban J connectivity index is 1.98. The van der Waals surface area contributed by atoms with Crippen LogP contribution in [-0.2, 0) is 9.53 Å². The van der Waals surface area contributed by atoms with Crippen LogP contribution in [0.2, 0.25) is 0 Å². The molecule has 2 aliphatic heterocycles. The van der Waals surface area contributed by atoms with Crippen molar-refractivity contribution in [3.8, 4) is 0 Å². The molecule has 2 heterocycles. The fourth-order valence-corrected chi connectivity index (χ4v) is 1.80. The predicted octanol–water partition coefficient (Wildman–Crippen LogP) is 0.0501. The molecule has 0 aromatic carbocycles. The maximum Gasteiger partial charge on any atom is 0.135 e. The van der Waals surface area contributed by atoms with Crippen molar-refractivity contribution < 1.29 is 9.53 Å². The van der Waals surface area contributed by atoms with Crippen molar-refractivity contribution in [1.82, 2.24) is 4.90 Å². The molecule has 0 bridgehead atoms. The summed E-state index contributed by atoms with van der Waals surface area (Å²) in [5, 5.41) is 0. The number of ketones is 1. The summed E-state index contributed by atoms with van der Waals surface area (Å²) in [4.78, 5) is 13.4. The van der Waals surface area contributed by atoms with Crippen molar-refractivity contribution in [2.75, 3.05) is 26.3 Å². The van der Waals surface area contributed by atoms with E-state index in [1.165, 1.54) is 0 Å². The summed E-state index contributed by atoms with van der Waals surface area (Å²) in [5.74, 6) is 0.400. The van der Waals surface area contributed by atoms with E-state index in [0.717, 1.165) is 32.7 Å². The number of rotatable bonds is 0. The van der Waals surface area contributed by atoms with Gasteiger partial charge in [-0.05, 0) is 0 Å². The Bertz CT molecular complexity index is 169. The third kappa shape index (κ3) is 1.44. The van der Waals surface area contributed by atoms with Gasteiger partial charge in [-0.25, -0.2) is 0 Å². The van der Waals surface area contributed by atoms with E-state index in [1.807, 2.05) is 0 Å². The minimum Gasteiger partial charge on any atom is -0.378 e. The molecule has 2 fully saturated rings. The molecule has 3 heteroatoms. The van der Waals surface area contributed by atoms with E-state index < -0.39 is 0 Å². The number of Topliss-reactive ketones (excluding diaryl/α,β-unsaturated/α-hetero) is 1. The highest BCUT2D eigenvalue weighted by Gasteiger charge is 2.29. The van der Waals surface area contributed by atoms with Gasteiger partial charge in [0.1, 0.15) is 5.78 Å². The van der Waals surface area contributed by atoms with Crippen LogP contribution in [0, 0.1) is 0 Å². The Morgan fingerprint density at radius 2 is 2.36 bits per heavy atom. The van der Waals surface area contributed by atoms with E-state index in [2.05, 4.69) is 4.90 Å². The molecule has 0 aromatic rings. The summed E-state index contributed by atoms with van der Waals surface area (Å²) >= 11 is 0. The van der Waals surface area contributed by atoms with E-state index in [4.69, 9.17) is 4.74 Å². The van der Waals surface area contributed by atoms with Crippen LogP contribution in [0.1, 0.15) is 12.8 Å². The second kappa shape index (κ2) is 2.91. The highest BCUT2D eigenvalue weighted by atomic mass is 16.5. The number of carbonyl (C=O) groups excluding carboxylic acids is 1. The number of fused-ring (bicyclic) bond motifs is 1. The van der Waals surface area contributed by atoms with Gasteiger partial charge in [0, 0.05) is 32.0 Å². The van der Waals surface area contributed by atoms with Crippen molar-refractivity contribution in [2.24, 2.45) is 0 Å². The Morgan fingerprint density at radius 3 is 3.27 bits per heavy atom. The molecule has 0 radical (unpaired) electrons. The number of hydrogen-bond donors (Lipinski definition) is 0. The summed E-state index contributed by atoms with van der Waals surface area (Å²) < 4.78 is 5.29. The van der Waals surface area contributed by atoms with Crippen LogP contribution >= 0.6 is 0 Å². The Hall–Kier alpha value is -0.410. The van der Waals surface area contributed by atoms with Gasteiger partial charge in [0.2, 0.25) is 0 Å². The molecule has 0 amide bonds. The minimum atomic E-state index is 0.394. The Morgan fingerprint density at radius 1 is 1.45 bits per heavy atom. The fourth-order valence-electron chi connectivity index (χ4n) is 1.80. The van der Waals surface area contributed by atoms with Gasteiger partial charge in [0.25, 0.3) is 0 Å². The lowest BCUT2D eigenvalue weighted by Crippen LogP contribution is -2.50. The summed E-state index contributed by atoms with van der Waals surface area (Å²) in [6.07, 6.45) is 1.45. The first-order chi connectivity index (χ1) is 5.36. The Kier molecular flexibility index (Phi) is 1.92. The van der Waals surface area contributed by atoms with Crippen LogP contribution in [0.25, 0.3) is 0 Å². The van der Waals surface area contributed by atoms with Gasteiger partial charge in [-0.3, -0.25) is 9.69 Å². The van der Waals surface area contributed by atoms with Crippen LogP contribution in [0.5, 0.6) is 0 Å². The molecule has 3 nitrogen and oxygen atoms in total. The third-order valence-electron chi connectivity index (χ3n) is 2.49. The van der Waals surface area contributed by atoms with Gasteiger partial charge in [-0.15, -0.1) is 0 Å². The number of ether oxygens (including phenoxy) is 1. The normalized spacial score (nSPS) is 33.5. The second-order valence-electron chi connectivity index (χ2n) is 3.26. The van der Waals surface area contributed by atoms with Crippen LogP contribution < -0.4 is 0 Å². The molecule has 0 N–H and O–H groups in total. The van der Waals surface area contributed by atoms with Crippen LogP contribution in [-0.4, -0.2) is 43.0 Å². The summed E-state index contributed by atoms with van der Waals surface area (Å²) in [5.41, 5.74) is 0. The second-order valence-corrected chi connectivity index (χ2v) is 3.26. The molecule has 2 saturated heterocycles. The van der Waals surface area contributed by atoms with Crippen LogP contribution in [0.3, 0.4) is 0 Å². The molecule has 2 aliphatic rings. The molecule has 0 aliphatic carbocycles. The van der Waals surface area contributed by atoms with E-state index >= 15 is 0 Å². The smallest absolute Gasteiger partial charge is 0.135 e. The largest absolute Gasteiger partial charge is 0.378 e. The van der Waals surface area contributed by atoms with Crippen molar-refractivity contribution >= 4 is 5.78 Å². The molecule has 11 heavy (non-hydrogen) atoms. The third-order valence-corrected chi connectivity index (χ3v) is 2.49. The monoisotopic (exact) mass is 155 g/mol. The molecule has 0 spiro atoms. The fraction of sp³-hybridized carbons (Fsp3) is 0.875. The molecule has 0 aromatic heterocycles. The van der Waals surface area contributed by atoms with E-state index in [1.54, 1.807) is 0 Å². The summed E-state index contributed by atoms with van der Waals surface area (Å²) in [7, 11) is 0. The average Bonchev–Trinajstić information content (AvgIpc) is 2.04. The number of morpholine rings is 1. The standard InChI is InChI=1S/C8H13NO2/c10-8-1-2-9-3-4-11-6-7(9)5-8/h7H,1-6H2/t7-/m1/s1. The zero-order valence-corrected chi connectivity index (χ0v) is 6.58. The first kappa shape index (κ1) is 7.25. The number of piperidine rings is 1. The van der Waals surface area contributed by atoms with E-state index in [0.29, 0.717) is 18.2 Å². The molecular formula is C8H13NO2. The first-order valence-electron chi connectivity index (χ1n) is 4.20. The molecule has 62 valence electrons. The molecule has 0 unspecified atom stereocenters. The summed E-state index contributed by atoms with van der Waals surface area (Å²) in [6, 6.07) is 0.394. The average molecular weight is 155 g/mol. The van der Waals surface area contributed by atoms with Crippen LogP contribution in [0.4, 0.5) is 0 Å². The van der Waals surface area contributed by atoms with Crippen molar-refractivity contribution in [3.05, 3.63) is 0 Å². The van der Waals surface area contributed by atoms with Crippen molar-refractivity contribution in [3.63, 3.8) is 0 Å². The molecule has 1 atom stereocenters. The van der Waals surface area contributed by atoms with Gasteiger partial charge in [-0.2, -0.15) is 0 Å². The summed E-state index contributed by atoms with van der Waals surface area (Å²) in [6.45, 7) is 3.56. The predicted molar refractivity (Wildman–Crippen MR) is 40.4 cm³/mol. The van der Waals surface area contributed by atoms with Gasteiger partial charge in [0.15, 0.2) is 0 Å². The first-order valence-corrected chi connectivity index (χ1v) is 4.20. The lowest BCUT2D eigenvalue weighted by molar-refractivity contribution is -0.126. The van der Waals surface area contributed by atoms with Gasteiger partial charge < -0.3 is 4.74 Å². The highest BCUT2D eigenvalue weighted by Crippen LogP contribution is 2.16. The van der Waals surface area contributed by atoms with Crippen LogP contribution in [0.15, 0.2) is 0 Å². The van der Waals surface area contributed by atoms with Crippen molar-refractivity contribution in [1.29, 1.82) is 0 Å². The van der Waals surface area contributed by atoms with Crippen molar-refractivity contribution in [2.45, 2.75) is 18.9 Å². The lowest BCUT2D eigenvalue weighted by atomic mass is 10.0. The SMILES string of the molecule is O=C1CCN2CCOC[C@H]2C1. The Labute approximate surface area is 66.3 Å².